The van der Waals surface area contributed by atoms with Crippen LogP contribution in [0.4, 0.5) is 11.4 Å². The number of aryl methyl sites for hydroxylation is 1. The summed E-state index contributed by atoms with van der Waals surface area (Å²) in [6.45, 7) is 2.21. The molecule has 2 amide bonds. The van der Waals surface area contributed by atoms with Crippen LogP contribution in [-0.2, 0) is 16.0 Å². The number of hydrogen-bond acceptors (Lipinski definition) is 2. The number of carbonyl (C=O) groups excluding carboxylic acids is 2. The fraction of sp³-hybridized carbons (Fsp3) is 0.118. The quantitative estimate of drug-likeness (QED) is 0.219. The van der Waals surface area contributed by atoms with Crippen LogP contribution in [0.5, 0.6) is 0 Å². The molecule has 0 saturated carbocycles. The van der Waals surface area contributed by atoms with Crippen molar-refractivity contribution in [1.82, 2.24) is 0 Å². The Hall–Kier alpha value is -4.70. The maximum absolute atomic E-state index is 12.2. The zero-order chi connectivity index (χ0) is 26.6. The first-order chi connectivity index (χ1) is 18.5. The second-order valence-electron chi connectivity index (χ2n) is 9.23. The van der Waals surface area contributed by atoms with Crippen molar-refractivity contribution in [2.24, 2.45) is 0 Å². The van der Waals surface area contributed by atoms with Gasteiger partial charge in [0.05, 0.1) is 0 Å². The highest BCUT2D eigenvalue weighted by atomic mass is 16.2. The van der Waals surface area contributed by atoms with Gasteiger partial charge in [0, 0.05) is 23.5 Å². The van der Waals surface area contributed by atoms with E-state index in [9.17, 15) is 9.59 Å². The number of amides is 2. The van der Waals surface area contributed by atoms with Crippen LogP contribution in [0.3, 0.4) is 0 Å². The van der Waals surface area contributed by atoms with Crippen molar-refractivity contribution in [2.45, 2.75) is 25.7 Å². The molecule has 0 aliphatic carbocycles. The highest BCUT2D eigenvalue weighted by molar-refractivity contribution is 6.02. The van der Waals surface area contributed by atoms with Crippen LogP contribution in [0.1, 0.15) is 41.5 Å². The van der Waals surface area contributed by atoms with Gasteiger partial charge in [-0.3, -0.25) is 9.59 Å². The first-order valence-corrected chi connectivity index (χ1v) is 12.8. The molecule has 4 heteroatoms. The number of nitrogens with one attached hydrogen (secondary N) is 2. The van der Waals surface area contributed by atoms with Crippen LogP contribution < -0.4 is 10.6 Å². The van der Waals surface area contributed by atoms with E-state index in [0.29, 0.717) is 5.92 Å². The Morgan fingerprint density at radius 2 is 1.08 bits per heavy atom. The Morgan fingerprint density at radius 3 is 1.55 bits per heavy atom. The minimum atomic E-state index is -0.151. The van der Waals surface area contributed by atoms with E-state index in [1.807, 2.05) is 84.9 Å². The molecule has 4 aromatic carbocycles. The molecule has 0 aliphatic heterocycles. The van der Waals surface area contributed by atoms with Crippen molar-refractivity contribution in [3.8, 4) is 0 Å². The molecule has 0 fully saturated rings. The summed E-state index contributed by atoms with van der Waals surface area (Å²) in [5, 5.41) is 5.82. The third kappa shape index (κ3) is 8.45. The van der Waals surface area contributed by atoms with Gasteiger partial charge >= 0.3 is 0 Å². The molecule has 4 rings (SSSR count). The monoisotopic (exact) mass is 500 g/mol. The van der Waals surface area contributed by atoms with E-state index < -0.39 is 0 Å². The topological polar surface area (TPSA) is 58.2 Å². The lowest BCUT2D eigenvalue weighted by molar-refractivity contribution is -0.112. The van der Waals surface area contributed by atoms with Gasteiger partial charge in [-0.05, 0) is 77.4 Å². The maximum Gasteiger partial charge on any atom is 0.248 e. The van der Waals surface area contributed by atoms with E-state index in [-0.39, 0.29) is 11.8 Å². The molecule has 0 heterocycles. The van der Waals surface area contributed by atoms with Gasteiger partial charge in [-0.2, -0.15) is 0 Å². The normalized spacial score (nSPS) is 11.9. The molecule has 0 radical (unpaired) electrons. The van der Waals surface area contributed by atoms with Gasteiger partial charge in [-0.15, -0.1) is 0 Å². The first kappa shape index (κ1) is 26.4. The zero-order valence-electron chi connectivity index (χ0n) is 21.5. The standard InChI is InChI=1S/C34H32N2O2/c1-26(30-18-22-32(23-19-30)36-34(38)25-17-28-10-6-3-7-11-28)12-13-29-14-20-31(21-15-29)35-33(37)24-16-27-8-4-2-5-9-27/h2-11,14-26H,12-13H2,1H3,(H,35,37)(H,36,38). The van der Waals surface area contributed by atoms with Crippen molar-refractivity contribution in [3.63, 3.8) is 0 Å². The predicted octanol–water partition coefficient (Wildman–Crippen LogP) is 7.73. The molecule has 0 bridgehead atoms. The van der Waals surface area contributed by atoms with Crippen molar-refractivity contribution >= 4 is 35.3 Å². The summed E-state index contributed by atoms with van der Waals surface area (Å²) in [6, 6.07) is 35.5. The van der Waals surface area contributed by atoms with Crippen LogP contribution in [0.25, 0.3) is 12.2 Å². The number of benzene rings is 4. The summed E-state index contributed by atoms with van der Waals surface area (Å²) in [4.78, 5) is 24.4. The number of carbonyl (C=O) groups is 2. The SMILES string of the molecule is CC(CCc1ccc(NC(=O)C=Cc2ccccc2)cc1)c1ccc(NC(=O)C=Cc2ccccc2)cc1. The lowest BCUT2D eigenvalue weighted by Gasteiger charge is -2.13. The molecule has 190 valence electrons. The summed E-state index contributed by atoms with van der Waals surface area (Å²) in [6.07, 6.45) is 8.63. The highest BCUT2D eigenvalue weighted by Crippen LogP contribution is 2.23. The van der Waals surface area contributed by atoms with Gasteiger partial charge in [-0.1, -0.05) is 91.9 Å². The van der Waals surface area contributed by atoms with Gasteiger partial charge < -0.3 is 10.6 Å². The molecule has 0 spiro atoms. The summed E-state index contributed by atoms with van der Waals surface area (Å²) < 4.78 is 0. The average Bonchev–Trinajstić information content (AvgIpc) is 2.96. The lowest BCUT2D eigenvalue weighted by atomic mass is 9.94. The summed E-state index contributed by atoms with van der Waals surface area (Å²) in [5.41, 5.74) is 5.99. The molecule has 0 saturated heterocycles. The second kappa shape index (κ2) is 13.6. The Balaban J connectivity index is 1.22. The van der Waals surface area contributed by atoms with Gasteiger partial charge in [-0.25, -0.2) is 0 Å². The molecular weight excluding hydrogens is 468 g/mol. The van der Waals surface area contributed by atoms with Crippen LogP contribution in [0, 0.1) is 0 Å². The lowest BCUT2D eigenvalue weighted by Crippen LogP contribution is -2.08. The van der Waals surface area contributed by atoms with E-state index in [1.165, 1.54) is 11.1 Å². The van der Waals surface area contributed by atoms with Crippen molar-refractivity contribution < 1.29 is 9.59 Å². The first-order valence-electron chi connectivity index (χ1n) is 12.8. The number of rotatable bonds is 10. The van der Waals surface area contributed by atoms with Gasteiger partial charge in [0.25, 0.3) is 0 Å². The second-order valence-corrected chi connectivity index (χ2v) is 9.23. The van der Waals surface area contributed by atoms with E-state index >= 15 is 0 Å². The molecule has 38 heavy (non-hydrogen) atoms. The Labute approximate surface area is 224 Å². The number of hydrogen-bond donors (Lipinski definition) is 2. The van der Waals surface area contributed by atoms with Crippen LogP contribution in [-0.4, -0.2) is 11.8 Å². The van der Waals surface area contributed by atoms with E-state index in [4.69, 9.17) is 0 Å². The van der Waals surface area contributed by atoms with Crippen LogP contribution >= 0.6 is 0 Å². The fourth-order valence-corrected chi connectivity index (χ4v) is 4.04. The molecule has 4 nitrogen and oxygen atoms in total. The molecular formula is C34H32N2O2. The number of anilines is 2. The van der Waals surface area contributed by atoms with Crippen LogP contribution in [0.15, 0.2) is 121 Å². The Kier molecular flexibility index (Phi) is 9.41. The maximum atomic E-state index is 12.2. The van der Waals surface area contributed by atoms with E-state index in [1.54, 1.807) is 24.3 Å². The summed E-state index contributed by atoms with van der Waals surface area (Å²) >= 11 is 0. The van der Waals surface area contributed by atoms with Crippen molar-refractivity contribution in [3.05, 3.63) is 144 Å². The van der Waals surface area contributed by atoms with Gasteiger partial charge in [0.1, 0.15) is 0 Å². The highest BCUT2D eigenvalue weighted by Gasteiger charge is 2.07. The van der Waals surface area contributed by atoms with Gasteiger partial charge in [0.15, 0.2) is 0 Å². The summed E-state index contributed by atoms with van der Waals surface area (Å²) in [5.74, 6) is 0.0730. The third-order valence-corrected chi connectivity index (χ3v) is 6.29. The minimum Gasteiger partial charge on any atom is -0.323 e. The third-order valence-electron chi connectivity index (χ3n) is 6.29. The molecule has 4 aromatic rings. The molecule has 0 aromatic heterocycles. The molecule has 1 unspecified atom stereocenters. The smallest absolute Gasteiger partial charge is 0.248 e. The fourth-order valence-electron chi connectivity index (χ4n) is 4.04. The minimum absolute atomic E-state index is 0.151. The molecule has 0 aliphatic rings. The predicted molar refractivity (Wildman–Crippen MR) is 158 cm³/mol. The Morgan fingerprint density at radius 1 is 0.632 bits per heavy atom. The van der Waals surface area contributed by atoms with Crippen LogP contribution in [0.2, 0.25) is 0 Å². The Bertz CT molecular complexity index is 1370. The average molecular weight is 501 g/mol. The molecule has 2 N–H and O–H groups in total. The zero-order valence-corrected chi connectivity index (χ0v) is 21.5. The summed E-state index contributed by atoms with van der Waals surface area (Å²) in [7, 11) is 0. The van der Waals surface area contributed by atoms with Crippen molar-refractivity contribution in [1.29, 1.82) is 0 Å². The molecule has 1 atom stereocenters. The van der Waals surface area contributed by atoms with E-state index in [2.05, 4.69) is 41.8 Å². The largest absolute Gasteiger partial charge is 0.323 e. The van der Waals surface area contributed by atoms with Crippen molar-refractivity contribution in [2.75, 3.05) is 10.6 Å². The van der Waals surface area contributed by atoms with Gasteiger partial charge in [0.2, 0.25) is 11.8 Å². The van der Waals surface area contributed by atoms with E-state index in [0.717, 1.165) is 35.3 Å².